The molecule has 9 heteroatoms. The van der Waals surface area contributed by atoms with Crippen molar-refractivity contribution in [2.75, 3.05) is 31.1 Å². The Labute approximate surface area is 197 Å². The first kappa shape index (κ1) is 22.7. The van der Waals surface area contributed by atoms with Crippen LogP contribution < -0.4 is 15.5 Å². The molecule has 1 amide bonds. The van der Waals surface area contributed by atoms with Crippen molar-refractivity contribution < 1.29 is 13.6 Å². The number of hydrogen-bond donors (Lipinski definition) is 2. The van der Waals surface area contributed by atoms with E-state index in [1.165, 1.54) is 12.1 Å². The lowest BCUT2D eigenvalue weighted by Gasteiger charge is -2.28. The van der Waals surface area contributed by atoms with E-state index >= 15 is 8.78 Å². The topological polar surface area (TPSA) is 75.1 Å². The highest BCUT2D eigenvalue weighted by Crippen LogP contribution is 2.31. The molecule has 2 aromatic heterocycles. The van der Waals surface area contributed by atoms with Crippen LogP contribution in [0.25, 0.3) is 11.0 Å². The van der Waals surface area contributed by atoms with Crippen LogP contribution in [-0.4, -0.2) is 52.9 Å². The van der Waals surface area contributed by atoms with Crippen LogP contribution in [0, 0.1) is 17.6 Å². The molecule has 2 N–H and O–H groups in total. The molecule has 2 aliphatic rings. The minimum atomic E-state index is -0.456. The highest BCUT2D eigenvalue weighted by atomic mass is 19.1. The van der Waals surface area contributed by atoms with Crippen LogP contribution >= 0.6 is 0 Å². The smallest absolute Gasteiger partial charge is 0.271 e. The maximum atomic E-state index is 15.1. The van der Waals surface area contributed by atoms with Crippen LogP contribution in [-0.2, 0) is 6.54 Å². The van der Waals surface area contributed by atoms with Gasteiger partial charge >= 0.3 is 0 Å². The summed E-state index contributed by atoms with van der Waals surface area (Å²) in [7, 11) is 0. The number of rotatable bonds is 6. The molecule has 0 spiro atoms. The second-order valence-corrected chi connectivity index (χ2v) is 9.49. The molecule has 0 saturated carbocycles. The van der Waals surface area contributed by atoms with E-state index in [2.05, 4.69) is 20.8 Å². The molecule has 0 aliphatic carbocycles. The second kappa shape index (κ2) is 9.29. The van der Waals surface area contributed by atoms with E-state index in [4.69, 9.17) is 0 Å². The normalized spacial score (nSPS) is 21.0. The average molecular weight is 469 g/mol. The van der Waals surface area contributed by atoms with Gasteiger partial charge in [-0.2, -0.15) is 0 Å². The molecule has 180 valence electrons. The number of amides is 1. The summed E-state index contributed by atoms with van der Waals surface area (Å²) < 4.78 is 32.0. The number of aryl methyl sites for hydroxylation is 1. The molecular weight excluding hydrogens is 438 g/mol. The fourth-order valence-corrected chi connectivity index (χ4v) is 5.15. The SMILES string of the molecule is CCn1ccc2cc(C(=O)NC[C@@H](C)c3cc(F)c(N4CCC5CNC(C5)C4)cc3F)nnc21. The predicted molar refractivity (Wildman–Crippen MR) is 127 cm³/mol. The molecule has 2 bridgehead atoms. The van der Waals surface area contributed by atoms with Gasteiger partial charge in [0.1, 0.15) is 11.6 Å². The predicted octanol–water partition coefficient (Wildman–Crippen LogP) is 3.45. The van der Waals surface area contributed by atoms with Crippen LogP contribution in [0.4, 0.5) is 14.5 Å². The van der Waals surface area contributed by atoms with Crippen molar-refractivity contribution in [3.63, 3.8) is 0 Å². The Balaban J connectivity index is 1.26. The molecule has 2 unspecified atom stereocenters. The summed E-state index contributed by atoms with van der Waals surface area (Å²) in [6, 6.07) is 6.48. The minimum Gasteiger partial charge on any atom is -0.368 e. The largest absolute Gasteiger partial charge is 0.368 e. The Hall–Kier alpha value is -3.07. The number of hydrogen-bond acceptors (Lipinski definition) is 5. The van der Waals surface area contributed by atoms with E-state index in [1.807, 2.05) is 28.7 Å². The van der Waals surface area contributed by atoms with E-state index in [0.717, 1.165) is 43.5 Å². The Bertz CT molecular complexity index is 1210. The summed E-state index contributed by atoms with van der Waals surface area (Å²) in [4.78, 5) is 14.6. The van der Waals surface area contributed by atoms with Gasteiger partial charge in [-0.05, 0) is 56.0 Å². The van der Waals surface area contributed by atoms with Crippen molar-refractivity contribution in [2.45, 2.75) is 45.2 Å². The van der Waals surface area contributed by atoms with Gasteiger partial charge in [0, 0.05) is 55.8 Å². The molecule has 2 aliphatic heterocycles. The van der Waals surface area contributed by atoms with Crippen molar-refractivity contribution >= 4 is 22.6 Å². The number of halogens is 2. The highest BCUT2D eigenvalue weighted by molar-refractivity contribution is 5.95. The van der Waals surface area contributed by atoms with Crippen LogP contribution in [0.2, 0.25) is 0 Å². The van der Waals surface area contributed by atoms with E-state index in [0.29, 0.717) is 24.2 Å². The lowest BCUT2D eigenvalue weighted by Crippen LogP contribution is -2.39. The zero-order valence-electron chi connectivity index (χ0n) is 19.5. The zero-order chi connectivity index (χ0) is 23.8. The van der Waals surface area contributed by atoms with Crippen LogP contribution in [0.5, 0.6) is 0 Å². The molecule has 4 heterocycles. The van der Waals surface area contributed by atoms with E-state index in [9.17, 15) is 4.79 Å². The lowest BCUT2D eigenvalue weighted by atomic mass is 9.99. The number of anilines is 1. The van der Waals surface area contributed by atoms with Gasteiger partial charge in [0.2, 0.25) is 0 Å². The van der Waals surface area contributed by atoms with Gasteiger partial charge in [0.25, 0.3) is 5.91 Å². The molecule has 2 saturated heterocycles. The van der Waals surface area contributed by atoms with Crippen molar-refractivity contribution in [3.05, 3.63) is 53.4 Å². The summed E-state index contributed by atoms with van der Waals surface area (Å²) in [5, 5.41) is 15.3. The van der Waals surface area contributed by atoms with Gasteiger partial charge in [-0.3, -0.25) is 4.79 Å². The van der Waals surface area contributed by atoms with Crippen LogP contribution in [0.3, 0.4) is 0 Å². The van der Waals surface area contributed by atoms with Crippen molar-refractivity contribution in [3.8, 4) is 0 Å². The summed E-state index contributed by atoms with van der Waals surface area (Å²) in [6.45, 7) is 7.12. The average Bonchev–Trinajstić information content (AvgIpc) is 3.40. The summed E-state index contributed by atoms with van der Waals surface area (Å²) in [5.74, 6) is -1.07. The monoisotopic (exact) mass is 468 g/mol. The number of benzene rings is 1. The third kappa shape index (κ3) is 4.36. The maximum Gasteiger partial charge on any atom is 0.271 e. The molecule has 34 heavy (non-hydrogen) atoms. The Morgan fingerprint density at radius 1 is 1.26 bits per heavy atom. The fraction of sp³-hybridized carbons (Fsp3) is 0.480. The molecule has 5 rings (SSSR count). The summed E-state index contributed by atoms with van der Waals surface area (Å²) >= 11 is 0. The third-order valence-electron chi connectivity index (χ3n) is 7.15. The first-order valence-corrected chi connectivity index (χ1v) is 12.0. The van der Waals surface area contributed by atoms with Gasteiger partial charge in [-0.15, -0.1) is 10.2 Å². The minimum absolute atomic E-state index is 0.154. The summed E-state index contributed by atoms with van der Waals surface area (Å²) in [6.07, 6.45) is 3.97. The standard InChI is InChI=1S/C25H30F2N6O/c1-3-32-7-5-17-9-22(30-31-24(17)32)25(34)29-12-15(2)19-10-21(27)23(11-20(19)26)33-6-4-16-8-18(14-33)28-13-16/h5,7,9-11,15-16,18,28H,3-4,6,8,12-14H2,1-2H3,(H,29,34)/t15-,16?,18?/m1/s1. The Morgan fingerprint density at radius 2 is 2.12 bits per heavy atom. The molecule has 7 nitrogen and oxygen atoms in total. The maximum absolute atomic E-state index is 15.1. The number of carbonyl (C=O) groups excluding carboxylic acids is 1. The molecule has 3 aromatic rings. The molecule has 3 atom stereocenters. The van der Waals surface area contributed by atoms with Gasteiger partial charge in [-0.1, -0.05) is 6.92 Å². The van der Waals surface area contributed by atoms with E-state index in [1.54, 1.807) is 13.0 Å². The number of nitrogens with one attached hydrogen (secondary N) is 2. The third-order valence-corrected chi connectivity index (χ3v) is 7.15. The zero-order valence-corrected chi connectivity index (χ0v) is 19.5. The molecular formula is C25H30F2N6O. The van der Waals surface area contributed by atoms with Gasteiger partial charge in [-0.25, -0.2) is 8.78 Å². The molecule has 1 aromatic carbocycles. The first-order chi connectivity index (χ1) is 16.4. The van der Waals surface area contributed by atoms with Crippen LogP contribution in [0.1, 0.15) is 48.7 Å². The summed E-state index contributed by atoms with van der Waals surface area (Å²) in [5.41, 5.74) is 1.48. The Morgan fingerprint density at radius 3 is 2.94 bits per heavy atom. The van der Waals surface area contributed by atoms with Gasteiger partial charge < -0.3 is 20.1 Å². The van der Waals surface area contributed by atoms with Crippen LogP contribution in [0.15, 0.2) is 30.5 Å². The number of carbonyl (C=O) groups is 1. The van der Waals surface area contributed by atoms with Crippen molar-refractivity contribution in [1.82, 2.24) is 25.4 Å². The lowest BCUT2D eigenvalue weighted by molar-refractivity contribution is 0.0945. The number of fused-ring (bicyclic) bond motifs is 3. The number of aromatic nitrogens is 3. The molecule has 2 fully saturated rings. The molecule has 0 radical (unpaired) electrons. The van der Waals surface area contributed by atoms with E-state index < -0.39 is 23.5 Å². The fourth-order valence-electron chi connectivity index (χ4n) is 5.15. The Kier molecular flexibility index (Phi) is 6.20. The highest BCUT2D eigenvalue weighted by Gasteiger charge is 2.31. The quantitative estimate of drug-likeness (QED) is 0.580. The van der Waals surface area contributed by atoms with Crippen molar-refractivity contribution in [2.24, 2.45) is 5.92 Å². The first-order valence-electron chi connectivity index (χ1n) is 12.0. The van der Waals surface area contributed by atoms with Gasteiger partial charge in [0.15, 0.2) is 11.3 Å². The second-order valence-electron chi connectivity index (χ2n) is 9.49. The van der Waals surface area contributed by atoms with Gasteiger partial charge in [0.05, 0.1) is 5.69 Å². The van der Waals surface area contributed by atoms with Crippen molar-refractivity contribution in [1.29, 1.82) is 0 Å². The number of nitrogens with zero attached hydrogens (tertiary/aromatic N) is 4. The van der Waals surface area contributed by atoms with E-state index in [-0.39, 0.29) is 17.8 Å².